The average Bonchev–Trinajstić information content (AvgIpc) is 1.99. The normalized spacial score (nSPS) is 9.62. The SMILES string of the molecule is Cc1cn(OC(N)=O)c(=O)[nH]c1=O. The summed E-state index contributed by atoms with van der Waals surface area (Å²) in [4.78, 5) is 38.2. The van der Waals surface area contributed by atoms with E-state index in [4.69, 9.17) is 0 Å². The molecule has 70 valence electrons. The third-order valence-electron chi connectivity index (χ3n) is 1.28. The lowest BCUT2D eigenvalue weighted by atomic mass is 10.4. The Morgan fingerprint density at radius 1 is 1.62 bits per heavy atom. The van der Waals surface area contributed by atoms with Crippen LogP contribution in [0, 0.1) is 6.92 Å². The summed E-state index contributed by atoms with van der Waals surface area (Å²) in [6, 6.07) is 0. The van der Waals surface area contributed by atoms with Crippen LogP contribution in [0.25, 0.3) is 0 Å². The first kappa shape index (κ1) is 9.04. The molecule has 0 aromatic carbocycles. The Kier molecular flexibility index (Phi) is 2.18. The van der Waals surface area contributed by atoms with Gasteiger partial charge in [0.25, 0.3) is 5.56 Å². The van der Waals surface area contributed by atoms with Gasteiger partial charge in [-0.15, -0.1) is 4.73 Å². The minimum atomic E-state index is -1.13. The molecule has 7 heteroatoms. The molecule has 3 N–H and O–H groups in total. The predicted octanol–water partition coefficient (Wildman–Crippen LogP) is -1.65. The molecule has 0 saturated carbocycles. The highest BCUT2D eigenvalue weighted by Crippen LogP contribution is 1.80. The largest absolute Gasteiger partial charge is 0.429 e. The molecule has 0 aliphatic rings. The molecule has 0 atom stereocenters. The molecule has 1 aromatic rings. The van der Waals surface area contributed by atoms with Crippen molar-refractivity contribution in [2.75, 3.05) is 0 Å². The van der Waals surface area contributed by atoms with Crippen LogP contribution in [0.2, 0.25) is 0 Å². The Hall–Kier alpha value is -2.05. The van der Waals surface area contributed by atoms with Gasteiger partial charge in [-0.1, -0.05) is 0 Å². The van der Waals surface area contributed by atoms with Crippen molar-refractivity contribution in [3.05, 3.63) is 32.6 Å². The van der Waals surface area contributed by atoms with Crippen LogP contribution in [-0.2, 0) is 0 Å². The number of carbonyl (C=O) groups excluding carboxylic acids is 1. The molecule has 7 nitrogen and oxygen atoms in total. The van der Waals surface area contributed by atoms with E-state index in [1.807, 2.05) is 4.98 Å². The van der Waals surface area contributed by atoms with E-state index in [0.29, 0.717) is 4.73 Å². The summed E-state index contributed by atoms with van der Waals surface area (Å²) >= 11 is 0. The zero-order valence-corrected chi connectivity index (χ0v) is 6.73. The number of rotatable bonds is 1. The molecule has 0 bridgehead atoms. The lowest BCUT2D eigenvalue weighted by Crippen LogP contribution is -2.38. The minimum absolute atomic E-state index is 0.237. The lowest BCUT2D eigenvalue weighted by Gasteiger charge is -2.02. The summed E-state index contributed by atoms with van der Waals surface area (Å²) in [6.07, 6.45) is -0.0556. The lowest BCUT2D eigenvalue weighted by molar-refractivity contribution is 0.135. The quantitative estimate of drug-likeness (QED) is 0.546. The maximum absolute atomic E-state index is 10.9. The van der Waals surface area contributed by atoms with Crippen molar-refractivity contribution in [3.8, 4) is 0 Å². The van der Waals surface area contributed by atoms with Gasteiger partial charge >= 0.3 is 11.8 Å². The molecule has 1 amide bonds. The molecular formula is C6H7N3O4. The molecule has 13 heavy (non-hydrogen) atoms. The monoisotopic (exact) mass is 185 g/mol. The number of aromatic nitrogens is 2. The van der Waals surface area contributed by atoms with Crippen molar-refractivity contribution in [1.29, 1.82) is 0 Å². The van der Waals surface area contributed by atoms with Crippen molar-refractivity contribution in [3.63, 3.8) is 0 Å². The van der Waals surface area contributed by atoms with E-state index in [2.05, 4.69) is 10.6 Å². The van der Waals surface area contributed by atoms with Gasteiger partial charge in [0.1, 0.15) is 0 Å². The van der Waals surface area contributed by atoms with E-state index in [-0.39, 0.29) is 5.56 Å². The highest BCUT2D eigenvalue weighted by atomic mass is 16.7. The molecule has 0 aliphatic heterocycles. The van der Waals surface area contributed by atoms with Crippen molar-refractivity contribution < 1.29 is 9.63 Å². The van der Waals surface area contributed by atoms with Crippen LogP contribution in [0.15, 0.2) is 15.8 Å². The number of carbonyl (C=O) groups is 1. The van der Waals surface area contributed by atoms with E-state index >= 15 is 0 Å². The second-order valence-corrected chi connectivity index (χ2v) is 2.31. The van der Waals surface area contributed by atoms with Crippen LogP contribution in [0.5, 0.6) is 0 Å². The van der Waals surface area contributed by atoms with E-state index < -0.39 is 17.3 Å². The van der Waals surface area contributed by atoms with Crippen molar-refractivity contribution in [2.24, 2.45) is 5.73 Å². The third-order valence-corrected chi connectivity index (χ3v) is 1.28. The molecular weight excluding hydrogens is 178 g/mol. The van der Waals surface area contributed by atoms with Crippen LogP contribution in [0.3, 0.4) is 0 Å². The number of hydrogen-bond acceptors (Lipinski definition) is 4. The van der Waals surface area contributed by atoms with Crippen LogP contribution < -0.4 is 21.8 Å². The molecule has 0 aliphatic carbocycles. The van der Waals surface area contributed by atoms with E-state index in [0.717, 1.165) is 6.20 Å². The number of amides is 1. The molecule has 0 saturated heterocycles. The standard InChI is InChI=1S/C6H7N3O4/c1-3-2-9(13-5(7)11)6(12)8-4(3)10/h2H,1H3,(H2,7,11)(H,8,10,12). The number of nitrogens with two attached hydrogens (primary N) is 1. The number of aryl methyl sites for hydroxylation is 1. The maximum atomic E-state index is 10.9. The highest BCUT2D eigenvalue weighted by molar-refractivity contribution is 5.64. The van der Waals surface area contributed by atoms with Gasteiger partial charge in [-0.3, -0.25) is 9.78 Å². The molecule has 0 unspecified atom stereocenters. The van der Waals surface area contributed by atoms with Crippen molar-refractivity contribution in [1.82, 2.24) is 9.71 Å². The van der Waals surface area contributed by atoms with Gasteiger partial charge in [-0.2, -0.15) is 0 Å². The van der Waals surface area contributed by atoms with Crippen LogP contribution in [0.1, 0.15) is 5.56 Å². The van der Waals surface area contributed by atoms with Crippen LogP contribution in [0.4, 0.5) is 4.79 Å². The van der Waals surface area contributed by atoms with Gasteiger partial charge in [0.05, 0.1) is 6.20 Å². The Labute approximate surface area is 71.7 Å². The second kappa shape index (κ2) is 3.13. The van der Waals surface area contributed by atoms with Gasteiger partial charge in [0.2, 0.25) is 0 Å². The maximum Gasteiger partial charge on any atom is 0.429 e. The Morgan fingerprint density at radius 2 is 2.23 bits per heavy atom. The van der Waals surface area contributed by atoms with Gasteiger partial charge < -0.3 is 10.6 Å². The predicted molar refractivity (Wildman–Crippen MR) is 42.2 cm³/mol. The number of primary amides is 1. The summed E-state index contributed by atoms with van der Waals surface area (Å²) in [5.74, 6) is 0. The minimum Gasteiger partial charge on any atom is -0.333 e. The smallest absolute Gasteiger partial charge is 0.333 e. The van der Waals surface area contributed by atoms with Gasteiger partial charge in [0, 0.05) is 5.56 Å². The molecule has 0 radical (unpaired) electrons. The summed E-state index contributed by atoms with van der Waals surface area (Å²) in [7, 11) is 0. The van der Waals surface area contributed by atoms with Crippen molar-refractivity contribution >= 4 is 6.09 Å². The Balaban J connectivity index is 3.24. The first-order valence-electron chi connectivity index (χ1n) is 3.31. The Morgan fingerprint density at radius 3 is 2.77 bits per heavy atom. The summed E-state index contributed by atoms with van der Waals surface area (Å²) in [6.45, 7) is 1.46. The highest BCUT2D eigenvalue weighted by Gasteiger charge is 2.03. The molecule has 1 rings (SSSR count). The third kappa shape index (κ3) is 1.95. The number of aromatic amines is 1. The summed E-state index contributed by atoms with van der Waals surface area (Å²) < 4.78 is 0.555. The summed E-state index contributed by atoms with van der Waals surface area (Å²) in [5, 5.41) is 0. The molecule has 0 fully saturated rings. The fourth-order valence-electron chi connectivity index (χ4n) is 0.709. The molecule has 1 heterocycles. The number of nitrogens with zero attached hydrogens (tertiary/aromatic N) is 1. The Bertz CT molecular complexity index is 444. The zero-order chi connectivity index (χ0) is 10.0. The van der Waals surface area contributed by atoms with E-state index in [9.17, 15) is 14.4 Å². The molecule has 0 spiro atoms. The average molecular weight is 185 g/mol. The van der Waals surface area contributed by atoms with E-state index in [1.54, 1.807) is 0 Å². The fraction of sp³-hybridized carbons (Fsp3) is 0.167. The number of nitrogens with one attached hydrogen (secondary N) is 1. The number of H-pyrrole nitrogens is 1. The number of hydrogen-bond donors (Lipinski definition) is 2. The van der Waals surface area contributed by atoms with Crippen molar-refractivity contribution in [2.45, 2.75) is 6.92 Å². The van der Waals surface area contributed by atoms with Gasteiger partial charge in [-0.05, 0) is 6.92 Å². The van der Waals surface area contributed by atoms with Gasteiger partial charge in [0.15, 0.2) is 0 Å². The molecule has 1 aromatic heterocycles. The first-order valence-corrected chi connectivity index (χ1v) is 3.31. The van der Waals surface area contributed by atoms with E-state index in [1.165, 1.54) is 6.92 Å². The topological polar surface area (TPSA) is 107 Å². The first-order chi connectivity index (χ1) is 6.00. The van der Waals surface area contributed by atoms with Crippen LogP contribution in [-0.4, -0.2) is 15.8 Å². The summed E-state index contributed by atoms with van der Waals surface area (Å²) in [5.41, 5.74) is 3.52. The van der Waals surface area contributed by atoms with Gasteiger partial charge in [-0.25, -0.2) is 9.59 Å². The second-order valence-electron chi connectivity index (χ2n) is 2.31. The van der Waals surface area contributed by atoms with Crippen LogP contribution >= 0.6 is 0 Å². The zero-order valence-electron chi connectivity index (χ0n) is 6.73. The fourth-order valence-corrected chi connectivity index (χ4v) is 0.709.